The van der Waals surface area contributed by atoms with Crippen LogP contribution < -0.4 is 0 Å². The van der Waals surface area contributed by atoms with Gasteiger partial charge in [0.1, 0.15) is 0 Å². The Labute approximate surface area is 52.0 Å². The minimum atomic E-state index is -0.929. The molecule has 5 heteroatoms. The second-order valence-electron chi connectivity index (χ2n) is 2.18. The molecule has 0 saturated heterocycles. The van der Waals surface area contributed by atoms with Gasteiger partial charge in [0.15, 0.2) is 5.34 Å². The van der Waals surface area contributed by atoms with Crippen molar-refractivity contribution in [3.05, 3.63) is 4.91 Å². The molecule has 1 aliphatic rings. The maximum Gasteiger partial charge on any atom is 0.361 e. The van der Waals surface area contributed by atoms with E-state index in [0.29, 0.717) is 0 Å². The van der Waals surface area contributed by atoms with Crippen LogP contribution in [0.4, 0.5) is 0 Å². The molecule has 0 aromatic heterocycles. The van der Waals surface area contributed by atoms with Crippen molar-refractivity contribution < 1.29 is 4.84 Å². The zero-order chi connectivity index (χ0) is 6.91. The number of hydrogen-bond donors (Lipinski definition) is 0. The lowest BCUT2D eigenvalue weighted by Gasteiger charge is -2.07. The number of hydrogen-bond acceptors (Lipinski definition) is 5. The third kappa shape index (κ3) is 0.893. The van der Waals surface area contributed by atoms with Crippen LogP contribution in [0.25, 0.3) is 0 Å². The van der Waals surface area contributed by atoms with Crippen LogP contribution in [0.2, 0.25) is 0 Å². The zero-order valence-electron chi connectivity index (χ0n) is 5.24. The normalized spacial score (nSPS) is 19.9. The first-order valence-corrected chi connectivity index (χ1v) is 2.66. The topological polar surface area (TPSA) is 63.4 Å². The van der Waals surface area contributed by atoms with Crippen LogP contribution in [-0.4, -0.2) is 5.85 Å². The Kier molecular flexibility index (Phi) is 1.19. The van der Waals surface area contributed by atoms with Gasteiger partial charge in [-0.2, -0.15) is 0 Å². The van der Waals surface area contributed by atoms with E-state index in [2.05, 4.69) is 20.4 Å². The SMILES string of the molecule is CC(C)C1(ON=O)N=N1. The number of rotatable bonds is 3. The molecule has 5 nitrogen and oxygen atoms in total. The summed E-state index contributed by atoms with van der Waals surface area (Å²) in [5, 5.41) is 9.32. The Bertz CT molecular complexity index is 148. The summed E-state index contributed by atoms with van der Waals surface area (Å²) < 4.78 is 0. The van der Waals surface area contributed by atoms with Crippen molar-refractivity contribution in [2.24, 2.45) is 21.5 Å². The molecule has 0 aliphatic carbocycles. The third-order valence-electron chi connectivity index (χ3n) is 1.22. The Balaban J connectivity index is 2.43. The Morgan fingerprint density at radius 1 is 1.56 bits per heavy atom. The first-order chi connectivity index (χ1) is 4.21. The van der Waals surface area contributed by atoms with Gasteiger partial charge in [-0.15, -0.1) is 15.1 Å². The van der Waals surface area contributed by atoms with Gasteiger partial charge in [-0.05, 0) is 0 Å². The lowest BCUT2D eigenvalue weighted by molar-refractivity contribution is -0.0138. The van der Waals surface area contributed by atoms with E-state index in [9.17, 15) is 4.91 Å². The van der Waals surface area contributed by atoms with Crippen LogP contribution in [0.15, 0.2) is 15.6 Å². The van der Waals surface area contributed by atoms with E-state index in [4.69, 9.17) is 0 Å². The van der Waals surface area contributed by atoms with Crippen LogP contribution in [-0.2, 0) is 4.84 Å². The summed E-state index contributed by atoms with van der Waals surface area (Å²) in [7, 11) is 0. The van der Waals surface area contributed by atoms with Gasteiger partial charge in [-0.3, -0.25) is 0 Å². The molecule has 0 bridgehead atoms. The van der Waals surface area contributed by atoms with Gasteiger partial charge in [-0.1, -0.05) is 13.8 Å². The fraction of sp³-hybridized carbons (Fsp3) is 1.00. The summed E-state index contributed by atoms with van der Waals surface area (Å²) in [6.45, 7) is 3.70. The average Bonchev–Trinajstić information content (AvgIpc) is 2.49. The van der Waals surface area contributed by atoms with E-state index in [1.165, 1.54) is 0 Å². The van der Waals surface area contributed by atoms with Gasteiger partial charge in [0.25, 0.3) is 0 Å². The van der Waals surface area contributed by atoms with E-state index in [1.807, 2.05) is 13.8 Å². The monoisotopic (exact) mass is 129 g/mol. The van der Waals surface area contributed by atoms with Crippen LogP contribution in [0.3, 0.4) is 0 Å². The van der Waals surface area contributed by atoms with E-state index in [1.54, 1.807) is 0 Å². The summed E-state index contributed by atoms with van der Waals surface area (Å²) in [6, 6.07) is 0. The molecule has 0 atom stereocenters. The molecule has 0 amide bonds. The molecule has 1 rings (SSSR count). The van der Waals surface area contributed by atoms with Gasteiger partial charge in [-0.25, -0.2) is 0 Å². The van der Waals surface area contributed by atoms with E-state index >= 15 is 0 Å². The standard InChI is InChI=1S/C4H7N3O2/c1-3(2)4(5-6-4)9-7-8/h3H,1-2H3. The smallest absolute Gasteiger partial charge is 0.305 e. The maximum atomic E-state index is 9.57. The molecule has 50 valence electrons. The third-order valence-corrected chi connectivity index (χ3v) is 1.22. The van der Waals surface area contributed by atoms with E-state index in [0.717, 1.165) is 0 Å². The van der Waals surface area contributed by atoms with Crippen molar-refractivity contribution in [2.75, 3.05) is 0 Å². The lowest BCUT2D eigenvalue weighted by Crippen LogP contribution is -2.20. The highest BCUT2D eigenvalue weighted by Crippen LogP contribution is 2.36. The fourth-order valence-electron chi connectivity index (χ4n) is 0.477. The van der Waals surface area contributed by atoms with Crippen LogP contribution in [0.1, 0.15) is 13.8 Å². The maximum absolute atomic E-state index is 9.57. The Hall–Kier alpha value is -1.00. The second-order valence-corrected chi connectivity index (χ2v) is 2.18. The van der Waals surface area contributed by atoms with Gasteiger partial charge in [0.2, 0.25) is 0 Å². The highest BCUT2D eigenvalue weighted by Gasteiger charge is 2.47. The molecular formula is C4H7N3O2. The van der Waals surface area contributed by atoms with E-state index < -0.39 is 5.85 Å². The van der Waals surface area contributed by atoms with Gasteiger partial charge in [0, 0.05) is 5.92 Å². The Morgan fingerprint density at radius 2 is 2.11 bits per heavy atom. The molecule has 0 saturated carbocycles. The zero-order valence-corrected chi connectivity index (χ0v) is 5.24. The second kappa shape index (κ2) is 1.75. The quantitative estimate of drug-likeness (QED) is 0.427. The molecule has 0 spiro atoms. The predicted molar refractivity (Wildman–Crippen MR) is 29.3 cm³/mol. The van der Waals surface area contributed by atoms with Crippen LogP contribution in [0.5, 0.6) is 0 Å². The van der Waals surface area contributed by atoms with Gasteiger partial charge < -0.3 is 4.84 Å². The van der Waals surface area contributed by atoms with Crippen molar-refractivity contribution >= 4 is 0 Å². The summed E-state index contributed by atoms with van der Waals surface area (Å²) in [5.74, 6) is -0.850. The molecule has 0 unspecified atom stereocenters. The summed E-state index contributed by atoms with van der Waals surface area (Å²) in [4.78, 5) is 13.9. The molecule has 0 radical (unpaired) electrons. The lowest BCUT2D eigenvalue weighted by atomic mass is 10.1. The van der Waals surface area contributed by atoms with Crippen molar-refractivity contribution in [3.8, 4) is 0 Å². The van der Waals surface area contributed by atoms with Crippen molar-refractivity contribution in [2.45, 2.75) is 19.7 Å². The van der Waals surface area contributed by atoms with Crippen molar-refractivity contribution in [1.82, 2.24) is 0 Å². The highest BCUT2D eigenvalue weighted by atomic mass is 16.8. The molecule has 0 aromatic rings. The van der Waals surface area contributed by atoms with Gasteiger partial charge in [0.05, 0.1) is 0 Å². The largest absolute Gasteiger partial charge is 0.361 e. The molecule has 1 heterocycles. The first-order valence-electron chi connectivity index (χ1n) is 2.66. The summed E-state index contributed by atoms with van der Waals surface area (Å²) in [6.07, 6.45) is 0. The number of nitrogens with zero attached hydrogens (tertiary/aromatic N) is 3. The molecule has 9 heavy (non-hydrogen) atoms. The molecule has 0 aromatic carbocycles. The molecule has 0 fully saturated rings. The fourth-order valence-corrected chi connectivity index (χ4v) is 0.477. The van der Waals surface area contributed by atoms with Crippen molar-refractivity contribution in [1.29, 1.82) is 0 Å². The average molecular weight is 129 g/mol. The van der Waals surface area contributed by atoms with Gasteiger partial charge >= 0.3 is 5.85 Å². The summed E-state index contributed by atoms with van der Waals surface area (Å²) >= 11 is 0. The molecule has 0 N–H and O–H groups in total. The minimum absolute atomic E-state index is 0.0789. The molecular weight excluding hydrogens is 122 g/mol. The van der Waals surface area contributed by atoms with Crippen LogP contribution >= 0.6 is 0 Å². The van der Waals surface area contributed by atoms with E-state index in [-0.39, 0.29) is 5.92 Å². The highest BCUT2D eigenvalue weighted by molar-refractivity contribution is 4.85. The van der Waals surface area contributed by atoms with Crippen molar-refractivity contribution in [3.63, 3.8) is 0 Å². The molecule has 1 aliphatic heterocycles. The Morgan fingerprint density at radius 3 is 2.22 bits per heavy atom. The van der Waals surface area contributed by atoms with Crippen LogP contribution in [0, 0.1) is 10.8 Å². The summed E-state index contributed by atoms with van der Waals surface area (Å²) in [5.41, 5.74) is 0. The predicted octanol–water partition coefficient (Wildman–Crippen LogP) is 1.46. The minimum Gasteiger partial charge on any atom is -0.305 e. The first kappa shape index (κ1) is 6.12.